The van der Waals surface area contributed by atoms with E-state index in [9.17, 15) is 35.1 Å². The van der Waals surface area contributed by atoms with Crippen molar-refractivity contribution in [3.05, 3.63) is 41.2 Å². The first-order valence-electron chi connectivity index (χ1n) is 4.86. The van der Waals surface area contributed by atoms with Gasteiger partial charge in [-0.3, -0.25) is 0 Å². The monoisotopic (exact) mass is 324 g/mol. The maximum atomic E-state index is 13.4. The molecule has 20 heavy (non-hydrogen) atoms. The molecule has 0 heterocycles. The number of benzene rings is 1. The minimum atomic E-state index is -6.57. The van der Waals surface area contributed by atoms with E-state index in [1.165, 1.54) is 6.07 Å². The second kappa shape index (κ2) is 5.23. The first-order chi connectivity index (χ1) is 8.93. The second-order valence-electron chi connectivity index (χ2n) is 3.65. The number of rotatable bonds is 3. The Morgan fingerprint density at radius 3 is 1.65 bits per heavy atom. The fourth-order valence-corrected chi connectivity index (χ4v) is 1.58. The molecule has 0 unspecified atom stereocenters. The van der Waals surface area contributed by atoms with E-state index in [4.69, 9.17) is 0 Å². The summed E-state index contributed by atoms with van der Waals surface area (Å²) in [4.78, 5) is 0. The molecule has 0 aromatic heterocycles. The Morgan fingerprint density at radius 2 is 1.30 bits per heavy atom. The third kappa shape index (κ3) is 2.74. The van der Waals surface area contributed by atoms with Crippen LogP contribution in [-0.2, 0) is 0 Å². The van der Waals surface area contributed by atoms with Crippen LogP contribution < -0.4 is 0 Å². The average molecular weight is 325 g/mol. The van der Waals surface area contributed by atoms with E-state index in [0.717, 1.165) is 24.3 Å². The second-order valence-corrected chi connectivity index (χ2v) is 3.98. The Hall–Kier alpha value is -1.31. The fourth-order valence-electron chi connectivity index (χ4n) is 1.35. The number of halogens is 9. The molecule has 0 radical (unpaired) electrons. The normalized spacial score (nSPS) is 15.1. The van der Waals surface area contributed by atoms with Crippen LogP contribution in [0.15, 0.2) is 35.6 Å². The molecule has 0 nitrogen and oxygen atoms in total. The van der Waals surface area contributed by atoms with E-state index in [1.54, 1.807) is 0 Å². The van der Waals surface area contributed by atoms with Gasteiger partial charge in [0.1, 0.15) is 0 Å². The third-order valence-corrected chi connectivity index (χ3v) is 2.50. The molecule has 0 fully saturated rings. The van der Waals surface area contributed by atoms with Gasteiger partial charge in [0.15, 0.2) is 5.29 Å². The van der Waals surface area contributed by atoms with Crippen LogP contribution in [0.3, 0.4) is 0 Å². The quantitative estimate of drug-likeness (QED) is 0.653. The van der Waals surface area contributed by atoms with Crippen LogP contribution in [0.4, 0.5) is 35.1 Å². The molecule has 0 aliphatic heterocycles. The Morgan fingerprint density at radius 1 is 0.850 bits per heavy atom. The van der Waals surface area contributed by atoms with Crippen molar-refractivity contribution in [2.45, 2.75) is 18.0 Å². The SMILES string of the molecule is F/C(Cl)=C(\c1ccccc1)C(F)(F)C(F)(F)C(F)(F)F. The van der Waals surface area contributed by atoms with Crippen LogP contribution in [0.25, 0.3) is 5.57 Å². The van der Waals surface area contributed by atoms with Crippen molar-refractivity contribution in [3.63, 3.8) is 0 Å². The van der Waals surface area contributed by atoms with Crippen LogP contribution in [0.5, 0.6) is 0 Å². The van der Waals surface area contributed by atoms with Gasteiger partial charge in [0.25, 0.3) is 0 Å². The molecule has 0 atom stereocenters. The summed E-state index contributed by atoms with van der Waals surface area (Å²) in [6.07, 6.45) is -6.57. The first kappa shape index (κ1) is 16.7. The topological polar surface area (TPSA) is 0 Å². The van der Waals surface area contributed by atoms with E-state index in [1.807, 2.05) is 0 Å². The van der Waals surface area contributed by atoms with Crippen molar-refractivity contribution >= 4 is 17.2 Å². The molecule has 0 saturated heterocycles. The molecule has 0 amide bonds. The maximum absolute atomic E-state index is 13.4. The zero-order valence-electron chi connectivity index (χ0n) is 9.29. The molecule has 0 aliphatic rings. The van der Waals surface area contributed by atoms with Crippen molar-refractivity contribution in [2.24, 2.45) is 0 Å². The molecule has 0 bridgehead atoms. The summed E-state index contributed by atoms with van der Waals surface area (Å²) in [5, 5.41) is -2.34. The lowest BCUT2D eigenvalue weighted by atomic mass is 9.96. The van der Waals surface area contributed by atoms with E-state index in [0.29, 0.717) is 0 Å². The maximum Gasteiger partial charge on any atom is 0.460 e. The van der Waals surface area contributed by atoms with E-state index < -0.39 is 34.4 Å². The number of allylic oxidation sites excluding steroid dienone is 1. The van der Waals surface area contributed by atoms with Gasteiger partial charge in [-0.25, -0.2) is 0 Å². The summed E-state index contributed by atoms with van der Waals surface area (Å²) in [6, 6.07) is 4.84. The van der Waals surface area contributed by atoms with Gasteiger partial charge in [-0.2, -0.15) is 35.1 Å². The first-order valence-corrected chi connectivity index (χ1v) is 5.24. The van der Waals surface area contributed by atoms with Gasteiger partial charge in [-0.05, 0) is 5.56 Å². The van der Waals surface area contributed by atoms with Crippen molar-refractivity contribution in [1.29, 1.82) is 0 Å². The van der Waals surface area contributed by atoms with E-state index >= 15 is 0 Å². The molecular weight excluding hydrogens is 320 g/mol. The molecule has 0 spiro atoms. The highest BCUT2D eigenvalue weighted by Gasteiger charge is 2.74. The lowest BCUT2D eigenvalue weighted by Gasteiger charge is -2.29. The van der Waals surface area contributed by atoms with Gasteiger partial charge < -0.3 is 0 Å². The highest BCUT2D eigenvalue weighted by molar-refractivity contribution is 6.31. The molecule has 9 heteroatoms. The molecule has 1 aromatic carbocycles. The van der Waals surface area contributed by atoms with E-state index in [2.05, 4.69) is 11.6 Å². The van der Waals surface area contributed by atoms with Crippen molar-refractivity contribution in [2.75, 3.05) is 0 Å². The van der Waals surface area contributed by atoms with Gasteiger partial charge in [-0.15, -0.1) is 0 Å². The zero-order valence-corrected chi connectivity index (χ0v) is 10.0. The number of hydrogen-bond donors (Lipinski definition) is 0. The largest absolute Gasteiger partial charge is 0.460 e. The predicted molar refractivity (Wildman–Crippen MR) is 56.3 cm³/mol. The molecular formula is C11H5ClF8. The minimum Gasteiger partial charge on any atom is -0.194 e. The van der Waals surface area contributed by atoms with Crippen LogP contribution in [0.1, 0.15) is 5.56 Å². The highest BCUT2D eigenvalue weighted by atomic mass is 35.5. The third-order valence-electron chi connectivity index (χ3n) is 2.32. The molecule has 1 rings (SSSR count). The smallest absolute Gasteiger partial charge is 0.194 e. The minimum absolute atomic E-state index is 0.734. The van der Waals surface area contributed by atoms with Crippen LogP contribution >= 0.6 is 11.6 Å². The van der Waals surface area contributed by atoms with Crippen molar-refractivity contribution in [3.8, 4) is 0 Å². The number of hydrogen-bond acceptors (Lipinski definition) is 0. The van der Waals surface area contributed by atoms with Crippen molar-refractivity contribution < 1.29 is 35.1 Å². The molecule has 112 valence electrons. The Balaban J connectivity index is 3.48. The fraction of sp³-hybridized carbons (Fsp3) is 0.273. The Bertz CT molecular complexity index is 499. The average Bonchev–Trinajstić information content (AvgIpc) is 2.27. The lowest BCUT2D eigenvalue weighted by Crippen LogP contribution is -2.52. The van der Waals surface area contributed by atoms with Crippen LogP contribution in [0, 0.1) is 0 Å². The zero-order chi connectivity index (χ0) is 15.8. The van der Waals surface area contributed by atoms with Crippen molar-refractivity contribution in [1.82, 2.24) is 0 Å². The van der Waals surface area contributed by atoms with Crippen LogP contribution in [0.2, 0.25) is 0 Å². The molecule has 1 aromatic rings. The summed E-state index contributed by atoms with van der Waals surface area (Å²) in [5.74, 6) is -12.3. The summed E-state index contributed by atoms with van der Waals surface area (Å²) in [6.45, 7) is 0. The van der Waals surface area contributed by atoms with Gasteiger partial charge in [0.2, 0.25) is 0 Å². The molecule has 0 aliphatic carbocycles. The summed E-state index contributed by atoms with van der Waals surface area (Å²) in [5.41, 5.74) is -3.10. The van der Waals surface area contributed by atoms with E-state index in [-0.39, 0.29) is 0 Å². The highest BCUT2D eigenvalue weighted by Crippen LogP contribution is 2.53. The van der Waals surface area contributed by atoms with Gasteiger partial charge in [-0.1, -0.05) is 41.9 Å². The summed E-state index contributed by atoms with van der Waals surface area (Å²) < 4.78 is 102. The van der Waals surface area contributed by atoms with Gasteiger partial charge in [0, 0.05) is 0 Å². The lowest BCUT2D eigenvalue weighted by molar-refractivity contribution is -0.339. The van der Waals surface area contributed by atoms with Gasteiger partial charge in [0.05, 0.1) is 5.57 Å². The Kier molecular flexibility index (Phi) is 4.38. The molecule has 0 saturated carbocycles. The number of alkyl halides is 7. The predicted octanol–water partition coefficient (Wildman–Crippen LogP) is 5.40. The summed E-state index contributed by atoms with van der Waals surface area (Å²) in [7, 11) is 0. The molecule has 0 N–H and O–H groups in total. The Labute approximate surface area is 112 Å². The van der Waals surface area contributed by atoms with Crippen LogP contribution in [-0.4, -0.2) is 18.0 Å². The van der Waals surface area contributed by atoms with Gasteiger partial charge >= 0.3 is 18.0 Å². The summed E-state index contributed by atoms with van der Waals surface area (Å²) >= 11 is 4.65. The standard InChI is InChI=1S/C11H5ClF8/c12-8(13)7(6-4-2-1-3-5-6)9(14,15)10(16,17)11(18,19)20/h1-5H/b8-7+.